The zero-order valence-corrected chi connectivity index (χ0v) is 26.6. The van der Waals surface area contributed by atoms with E-state index in [1.807, 2.05) is 0 Å². The highest BCUT2D eigenvalue weighted by Gasteiger charge is 2.33. The van der Waals surface area contributed by atoms with E-state index in [4.69, 9.17) is 34.8 Å². The van der Waals surface area contributed by atoms with Crippen molar-refractivity contribution in [1.82, 2.24) is 10.2 Å². The Hall–Kier alpha value is -2.78. The smallest absolute Gasteiger partial charge is 0.264 e. The molecule has 0 spiro atoms. The quantitative estimate of drug-likeness (QED) is 0.256. The summed E-state index contributed by atoms with van der Waals surface area (Å²) in [7, 11) is -4.17. The maximum Gasteiger partial charge on any atom is 0.264 e. The van der Waals surface area contributed by atoms with Gasteiger partial charge in [-0.15, -0.1) is 0 Å². The average Bonchev–Trinajstić information content (AvgIpc) is 2.97. The van der Waals surface area contributed by atoms with Crippen LogP contribution < -0.4 is 9.62 Å². The van der Waals surface area contributed by atoms with Gasteiger partial charge in [-0.3, -0.25) is 13.9 Å². The number of carbonyl (C=O) groups excluding carboxylic acids is 2. The predicted octanol–water partition coefficient (Wildman–Crippen LogP) is 7.02. The number of aryl methyl sites for hydroxylation is 1. The Bertz CT molecular complexity index is 1530. The van der Waals surface area contributed by atoms with Gasteiger partial charge in [0, 0.05) is 17.6 Å². The van der Waals surface area contributed by atoms with E-state index in [2.05, 4.69) is 5.32 Å². The van der Waals surface area contributed by atoms with Crippen molar-refractivity contribution in [3.8, 4) is 0 Å². The van der Waals surface area contributed by atoms with Crippen molar-refractivity contribution in [3.05, 3.63) is 92.9 Å². The second-order valence-electron chi connectivity index (χ2n) is 10.5. The standard InChI is InChI=1S/C31H34Cl3N3O4S/c1-21-17-24(32)14-16-29(21)37(42(40,41)26-11-7-4-8-12-26)20-30(38)36(19-23-13-15-27(33)28(34)18-23)22(2)31(39)35-25-9-5-3-6-10-25/h4,7-8,11-18,22,25H,3,5-6,9-10,19-20H2,1-2H3,(H,35,39). The van der Waals surface area contributed by atoms with Crippen molar-refractivity contribution in [2.24, 2.45) is 0 Å². The lowest BCUT2D eigenvalue weighted by molar-refractivity contribution is -0.139. The maximum absolute atomic E-state index is 14.1. The number of carbonyl (C=O) groups is 2. The third-order valence-electron chi connectivity index (χ3n) is 7.49. The van der Waals surface area contributed by atoms with E-state index in [1.54, 1.807) is 68.4 Å². The summed E-state index contributed by atoms with van der Waals surface area (Å²) >= 11 is 18.5. The highest BCUT2D eigenvalue weighted by atomic mass is 35.5. The number of nitrogens with zero attached hydrogens (tertiary/aromatic N) is 2. The van der Waals surface area contributed by atoms with Gasteiger partial charge in [-0.25, -0.2) is 8.42 Å². The first kappa shape index (κ1) is 32.1. The molecule has 1 aliphatic rings. The number of hydrogen-bond acceptors (Lipinski definition) is 4. The van der Waals surface area contributed by atoms with Crippen LogP contribution in [0.5, 0.6) is 0 Å². The Morgan fingerprint density at radius 3 is 2.26 bits per heavy atom. The molecule has 1 N–H and O–H groups in total. The maximum atomic E-state index is 14.1. The van der Waals surface area contributed by atoms with E-state index in [0.29, 0.717) is 31.9 Å². The molecule has 224 valence electrons. The lowest BCUT2D eigenvalue weighted by Crippen LogP contribution is -2.53. The number of amides is 2. The third-order valence-corrected chi connectivity index (χ3v) is 10.2. The Morgan fingerprint density at radius 2 is 1.62 bits per heavy atom. The van der Waals surface area contributed by atoms with E-state index in [1.165, 1.54) is 17.0 Å². The normalized spacial score (nSPS) is 14.7. The molecule has 4 rings (SSSR count). The van der Waals surface area contributed by atoms with Gasteiger partial charge in [0.2, 0.25) is 11.8 Å². The first-order valence-corrected chi connectivity index (χ1v) is 16.4. The number of halogens is 3. The molecule has 0 radical (unpaired) electrons. The zero-order chi connectivity index (χ0) is 30.4. The topological polar surface area (TPSA) is 86.8 Å². The molecule has 0 bridgehead atoms. The predicted molar refractivity (Wildman–Crippen MR) is 169 cm³/mol. The van der Waals surface area contributed by atoms with Crippen LogP contribution in [0.4, 0.5) is 5.69 Å². The van der Waals surface area contributed by atoms with Gasteiger partial charge in [0.25, 0.3) is 10.0 Å². The van der Waals surface area contributed by atoms with Gasteiger partial charge in [0.1, 0.15) is 12.6 Å². The molecule has 1 atom stereocenters. The SMILES string of the molecule is Cc1cc(Cl)ccc1N(CC(=O)N(Cc1ccc(Cl)c(Cl)c1)C(C)C(=O)NC1CCCCC1)S(=O)(=O)c1ccccc1. The molecular weight excluding hydrogens is 617 g/mol. The van der Waals surface area contributed by atoms with Gasteiger partial charge < -0.3 is 10.2 Å². The fraction of sp³-hybridized carbons (Fsp3) is 0.355. The summed E-state index contributed by atoms with van der Waals surface area (Å²) in [5.41, 5.74) is 1.54. The Labute approximate surface area is 262 Å². The largest absolute Gasteiger partial charge is 0.352 e. The molecule has 0 aromatic heterocycles. The molecule has 11 heteroatoms. The van der Waals surface area contributed by atoms with Crippen LogP contribution in [0, 0.1) is 6.92 Å². The number of benzene rings is 3. The summed E-state index contributed by atoms with van der Waals surface area (Å²) in [6, 6.07) is 16.9. The third kappa shape index (κ3) is 7.78. The zero-order valence-electron chi connectivity index (χ0n) is 23.5. The van der Waals surface area contributed by atoms with Crippen LogP contribution in [0.1, 0.15) is 50.2 Å². The second kappa shape index (κ2) is 14.1. The van der Waals surface area contributed by atoms with Crippen LogP contribution in [-0.2, 0) is 26.2 Å². The Kier molecular flexibility index (Phi) is 10.8. The molecule has 0 heterocycles. The lowest BCUT2D eigenvalue weighted by atomic mass is 9.95. The molecule has 1 fully saturated rings. The molecule has 1 aliphatic carbocycles. The highest BCUT2D eigenvalue weighted by molar-refractivity contribution is 7.92. The molecule has 3 aromatic rings. The average molecular weight is 651 g/mol. The van der Waals surface area contributed by atoms with Crippen LogP contribution in [-0.4, -0.2) is 43.8 Å². The number of sulfonamides is 1. The Balaban J connectivity index is 1.70. The van der Waals surface area contributed by atoms with Crippen molar-refractivity contribution >= 4 is 62.3 Å². The summed E-state index contributed by atoms with van der Waals surface area (Å²) in [5, 5.41) is 4.20. The monoisotopic (exact) mass is 649 g/mol. The fourth-order valence-electron chi connectivity index (χ4n) is 5.12. The summed E-state index contributed by atoms with van der Waals surface area (Å²) in [6.07, 6.45) is 4.99. The van der Waals surface area contributed by atoms with Gasteiger partial charge >= 0.3 is 0 Å². The van der Waals surface area contributed by atoms with Gasteiger partial charge in [0.05, 0.1) is 20.6 Å². The Morgan fingerprint density at radius 1 is 0.929 bits per heavy atom. The molecule has 1 saturated carbocycles. The molecule has 0 aliphatic heterocycles. The van der Waals surface area contributed by atoms with Gasteiger partial charge in [-0.05, 0) is 80.3 Å². The molecule has 42 heavy (non-hydrogen) atoms. The van der Waals surface area contributed by atoms with Gasteiger partial charge in [-0.2, -0.15) is 0 Å². The van der Waals surface area contributed by atoms with Crippen molar-refractivity contribution in [2.75, 3.05) is 10.8 Å². The number of rotatable bonds is 10. The number of nitrogens with one attached hydrogen (secondary N) is 1. The van der Waals surface area contributed by atoms with Crippen LogP contribution in [0.15, 0.2) is 71.6 Å². The molecule has 0 saturated heterocycles. The van der Waals surface area contributed by atoms with Crippen LogP contribution in [0.3, 0.4) is 0 Å². The lowest BCUT2D eigenvalue weighted by Gasteiger charge is -2.33. The van der Waals surface area contributed by atoms with E-state index in [-0.39, 0.29) is 23.4 Å². The highest BCUT2D eigenvalue weighted by Crippen LogP contribution is 2.30. The van der Waals surface area contributed by atoms with Crippen LogP contribution in [0.2, 0.25) is 15.1 Å². The van der Waals surface area contributed by atoms with E-state index >= 15 is 0 Å². The van der Waals surface area contributed by atoms with E-state index in [9.17, 15) is 18.0 Å². The summed E-state index contributed by atoms with van der Waals surface area (Å²) in [5.74, 6) is -0.850. The van der Waals surface area contributed by atoms with E-state index < -0.39 is 28.5 Å². The van der Waals surface area contributed by atoms with Crippen molar-refractivity contribution in [2.45, 2.75) is 69.5 Å². The van der Waals surface area contributed by atoms with Crippen LogP contribution >= 0.6 is 34.8 Å². The van der Waals surface area contributed by atoms with Crippen LogP contribution in [0.25, 0.3) is 0 Å². The minimum absolute atomic E-state index is 0.0216. The first-order valence-electron chi connectivity index (χ1n) is 13.8. The van der Waals surface area contributed by atoms with Crippen molar-refractivity contribution in [1.29, 1.82) is 0 Å². The van der Waals surface area contributed by atoms with Gasteiger partial charge in [0.15, 0.2) is 0 Å². The summed E-state index contributed by atoms with van der Waals surface area (Å²) < 4.78 is 29.0. The van der Waals surface area contributed by atoms with Crippen molar-refractivity contribution in [3.63, 3.8) is 0 Å². The molecule has 1 unspecified atom stereocenters. The molecule has 2 amide bonds. The minimum atomic E-state index is -4.17. The van der Waals surface area contributed by atoms with Crippen molar-refractivity contribution < 1.29 is 18.0 Å². The molecular formula is C31H34Cl3N3O4S. The van der Waals surface area contributed by atoms with E-state index in [0.717, 1.165) is 36.4 Å². The van der Waals surface area contributed by atoms with Gasteiger partial charge in [-0.1, -0.05) is 78.3 Å². The first-order chi connectivity index (χ1) is 20.0. The fourth-order valence-corrected chi connectivity index (χ4v) is 7.16. The molecule has 7 nitrogen and oxygen atoms in total. The minimum Gasteiger partial charge on any atom is -0.352 e. The molecule has 3 aromatic carbocycles. The summed E-state index contributed by atoms with van der Waals surface area (Å²) in [4.78, 5) is 29.0. The number of hydrogen-bond donors (Lipinski definition) is 1. The second-order valence-corrected chi connectivity index (χ2v) is 13.7. The number of anilines is 1. The summed E-state index contributed by atoms with van der Waals surface area (Å²) in [6.45, 7) is 2.86.